The fourth-order valence-electron chi connectivity index (χ4n) is 0.678. The van der Waals surface area contributed by atoms with E-state index >= 15 is 0 Å². The summed E-state index contributed by atoms with van der Waals surface area (Å²) in [6.45, 7) is 0. The minimum atomic E-state index is 0. The summed E-state index contributed by atoms with van der Waals surface area (Å²) in [6.07, 6.45) is 2.35. The normalized spacial score (nSPS) is 7.71. The molecule has 2 rings (SSSR count). The van der Waals surface area contributed by atoms with Crippen LogP contribution in [0.25, 0.3) is 0 Å². The Morgan fingerprint density at radius 2 is 1.57 bits per heavy atom. The molecular weight excluding hydrogens is 262 g/mol. The highest BCUT2D eigenvalue weighted by atomic mass is 79.9. The first-order valence-electron chi connectivity index (χ1n) is 3.78. The van der Waals surface area contributed by atoms with Crippen molar-refractivity contribution in [3.8, 4) is 0 Å². The third-order valence-corrected chi connectivity index (χ3v) is 1.92. The molecule has 0 saturated carbocycles. The van der Waals surface area contributed by atoms with Gasteiger partial charge in [0.15, 0.2) is 11.3 Å². The molecule has 0 atom stereocenters. The van der Waals surface area contributed by atoms with Gasteiger partial charge in [0, 0.05) is 11.6 Å². The number of rotatable bonds is 1. The number of carbonyl (C=O) groups is 1. The number of aromatic nitrogens is 1. The maximum absolute atomic E-state index is 9.82. The lowest BCUT2D eigenvalue weighted by Gasteiger charge is -1.69. The van der Waals surface area contributed by atoms with E-state index in [0.717, 1.165) is 6.29 Å². The fourth-order valence-corrected chi connectivity index (χ4v) is 1.12. The summed E-state index contributed by atoms with van der Waals surface area (Å²) in [5, 5.41) is 2.31. The zero-order valence-corrected chi connectivity index (χ0v) is 9.90. The number of carbonyl (C=O) groups excluding carboxylic acids is 1. The first-order valence-corrected chi connectivity index (χ1v) is 4.66. The van der Waals surface area contributed by atoms with Gasteiger partial charge in [-0.1, -0.05) is 36.4 Å². The number of hydrogen-bond acceptors (Lipinski definition) is 3. The van der Waals surface area contributed by atoms with Crippen molar-refractivity contribution >= 4 is 34.6 Å². The summed E-state index contributed by atoms with van der Waals surface area (Å²) in [5.74, 6) is 0. The van der Waals surface area contributed by atoms with E-state index in [0.29, 0.717) is 5.01 Å². The molecule has 0 aliphatic rings. The predicted molar refractivity (Wildman–Crippen MR) is 64.3 cm³/mol. The molecule has 0 aliphatic heterocycles. The van der Waals surface area contributed by atoms with Crippen molar-refractivity contribution in [2.24, 2.45) is 0 Å². The molecule has 0 unspecified atom stereocenters. The molecule has 2 nitrogen and oxygen atoms in total. The van der Waals surface area contributed by atoms with Crippen LogP contribution in [0.4, 0.5) is 0 Å². The van der Waals surface area contributed by atoms with Crippen LogP contribution in [-0.2, 0) is 0 Å². The van der Waals surface area contributed by atoms with Crippen LogP contribution < -0.4 is 0 Å². The number of halogens is 1. The molecule has 0 amide bonds. The van der Waals surface area contributed by atoms with E-state index < -0.39 is 0 Å². The Bertz CT molecular complexity index is 296. The highest BCUT2D eigenvalue weighted by Crippen LogP contribution is 1.97. The Morgan fingerprint density at radius 3 is 1.79 bits per heavy atom. The Labute approximate surface area is 97.4 Å². The zero-order chi connectivity index (χ0) is 9.36. The lowest BCUT2D eigenvalue weighted by Crippen LogP contribution is -1.69. The average molecular weight is 272 g/mol. The van der Waals surface area contributed by atoms with Crippen molar-refractivity contribution in [3.05, 3.63) is 53.0 Å². The fraction of sp³-hybridized carbons (Fsp3) is 0. The van der Waals surface area contributed by atoms with Crippen molar-refractivity contribution in [2.45, 2.75) is 0 Å². The third kappa shape index (κ3) is 5.61. The van der Waals surface area contributed by atoms with Crippen LogP contribution in [0.2, 0.25) is 0 Å². The number of aldehydes is 1. The number of nitrogens with zero attached hydrogens (tertiary/aromatic N) is 1. The van der Waals surface area contributed by atoms with E-state index in [-0.39, 0.29) is 17.0 Å². The lowest BCUT2D eigenvalue weighted by molar-refractivity contribution is 0.112. The van der Waals surface area contributed by atoms with Crippen molar-refractivity contribution in [1.82, 2.24) is 4.98 Å². The highest BCUT2D eigenvalue weighted by molar-refractivity contribution is 8.93. The van der Waals surface area contributed by atoms with Gasteiger partial charge in [0.05, 0.1) is 0 Å². The number of hydrogen-bond donors (Lipinski definition) is 0. The molecule has 0 aliphatic carbocycles. The minimum Gasteiger partial charge on any atom is -0.295 e. The maximum atomic E-state index is 9.82. The Kier molecular flexibility index (Phi) is 7.98. The monoisotopic (exact) mass is 271 g/mol. The summed E-state index contributed by atoms with van der Waals surface area (Å²) in [7, 11) is 0. The molecule has 0 bridgehead atoms. The molecule has 4 heteroatoms. The quantitative estimate of drug-likeness (QED) is 0.746. The van der Waals surface area contributed by atoms with Gasteiger partial charge in [0.25, 0.3) is 0 Å². The van der Waals surface area contributed by atoms with Gasteiger partial charge in [-0.15, -0.1) is 28.3 Å². The smallest absolute Gasteiger partial charge is 0.178 e. The van der Waals surface area contributed by atoms with Crippen molar-refractivity contribution in [2.75, 3.05) is 0 Å². The molecule has 1 aromatic heterocycles. The van der Waals surface area contributed by atoms with E-state index in [2.05, 4.69) is 4.98 Å². The van der Waals surface area contributed by atoms with Gasteiger partial charge in [0.1, 0.15) is 0 Å². The zero-order valence-electron chi connectivity index (χ0n) is 7.37. The molecule has 0 N–H and O–H groups in total. The first-order chi connectivity index (χ1) is 6.43. The summed E-state index contributed by atoms with van der Waals surface area (Å²) >= 11 is 1.34. The van der Waals surface area contributed by atoms with Gasteiger partial charge in [-0.2, -0.15) is 0 Å². The Hall–Kier alpha value is -1.00. The highest BCUT2D eigenvalue weighted by Gasteiger charge is 1.84. The van der Waals surface area contributed by atoms with Gasteiger partial charge < -0.3 is 0 Å². The van der Waals surface area contributed by atoms with Gasteiger partial charge in [-0.25, -0.2) is 4.98 Å². The maximum Gasteiger partial charge on any atom is 0.178 e. The van der Waals surface area contributed by atoms with Gasteiger partial charge in [0.2, 0.25) is 0 Å². The Morgan fingerprint density at radius 1 is 1.07 bits per heavy atom. The molecule has 1 heterocycles. The summed E-state index contributed by atoms with van der Waals surface area (Å²) in [6, 6.07) is 12.0. The standard InChI is InChI=1S/C6H6.C4H3NOS.BrH/c1-2-4-6-5-3-1;6-3-4-5-1-2-7-4;/h1-6H;1-3H;1H. The summed E-state index contributed by atoms with van der Waals surface area (Å²) < 4.78 is 0. The van der Waals surface area contributed by atoms with E-state index in [9.17, 15) is 4.79 Å². The largest absolute Gasteiger partial charge is 0.295 e. The third-order valence-electron chi connectivity index (χ3n) is 1.22. The molecule has 14 heavy (non-hydrogen) atoms. The number of benzene rings is 1. The Balaban J connectivity index is 0.000000227. The van der Waals surface area contributed by atoms with E-state index in [4.69, 9.17) is 0 Å². The SMILES string of the molecule is Br.O=Cc1nccs1.c1ccccc1. The van der Waals surface area contributed by atoms with Gasteiger partial charge >= 0.3 is 0 Å². The first kappa shape index (κ1) is 13.0. The molecular formula is C10H10BrNOS. The van der Waals surface area contributed by atoms with E-state index in [1.807, 2.05) is 36.4 Å². The second kappa shape index (κ2) is 8.59. The summed E-state index contributed by atoms with van der Waals surface area (Å²) in [5.41, 5.74) is 0. The van der Waals surface area contributed by atoms with Crippen molar-refractivity contribution < 1.29 is 4.79 Å². The van der Waals surface area contributed by atoms with E-state index in [1.165, 1.54) is 11.3 Å². The minimum absolute atomic E-state index is 0. The second-order valence-electron chi connectivity index (χ2n) is 2.14. The molecule has 0 radical (unpaired) electrons. The van der Waals surface area contributed by atoms with Crippen LogP contribution in [0.3, 0.4) is 0 Å². The molecule has 1 aromatic carbocycles. The van der Waals surface area contributed by atoms with Crippen molar-refractivity contribution in [3.63, 3.8) is 0 Å². The van der Waals surface area contributed by atoms with Crippen LogP contribution in [0.5, 0.6) is 0 Å². The van der Waals surface area contributed by atoms with Crippen LogP contribution in [-0.4, -0.2) is 11.3 Å². The average Bonchev–Trinajstić information content (AvgIpc) is 2.74. The molecule has 0 fully saturated rings. The molecule has 0 spiro atoms. The van der Waals surface area contributed by atoms with Gasteiger partial charge in [-0.3, -0.25) is 4.79 Å². The van der Waals surface area contributed by atoms with Crippen LogP contribution in [0.1, 0.15) is 9.80 Å². The molecule has 0 saturated heterocycles. The summed E-state index contributed by atoms with van der Waals surface area (Å²) in [4.78, 5) is 13.5. The van der Waals surface area contributed by atoms with Crippen molar-refractivity contribution in [1.29, 1.82) is 0 Å². The number of thiazole rings is 1. The van der Waals surface area contributed by atoms with E-state index in [1.54, 1.807) is 11.6 Å². The van der Waals surface area contributed by atoms with Crippen LogP contribution in [0, 0.1) is 0 Å². The molecule has 2 aromatic rings. The van der Waals surface area contributed by atoms with Crippen LogP contribution in [0.15, 0.2) is 48.0 Å². The topological polar surface area (TPSA) is 30.0 Å². The predicted octanol–water partition coefficient (Wildman–Crippen LogP) is 3.22. The lowest BCUT2D eigenvalue weighted by atomic mass is 10.4. The van der Waals surface area contributed by atoms with Gasteiger partial charge in [-0.05, 0) is 0 Å². The molecule has 74 valence electrons. The van der Waals surface area contributed by atoms with Crippen LogP contribution >= 0.6 is 28.3 Å². The second-order valence-corrected chi connectivity index (χ2v) is 3.07.